The van der Waals surface area contributed by atoms with Crippen LogP contribution < -0.4 is 0 Å². The lowest BCUT2D eigenvalue weighted by Crippen LogP contribution is -2.50. The minimum Gasteiger partial charge on any atom is -0.339 e. The van der Waals surface area contributed by atoms with Crippen molar-refractivity contribution >= 4 is 23.6 Å². The maximum atomic E-state index is 12.7. The second-order valence-electron chi connectivity index (χ2n) is 6.93. The first-order valence-corrected chi connectivity index (χ1v) is 9.93. The highest BCUT2D eigenvalue weighted by Gasteiger charge is 2.34. The zero-order chi connectivity index (χ0) is 19.4. The molecule has 1 saturated heterocycles. The summed E-state index contributed by atoms with van der Waals surface area (Å²) in [5, 5.41) is -0.338. The van der Waals surface area contributed by atoms with Crippen LogP contribution in [0.25, 0.3) is 0 Å². The largest absolute Gasteiger partial charge is 0.447 e. The van der Waals surface area contributed by atoms with Crippen molar-refractivity contribution in [2.24, 2.45) is 5.92 Å². The average molecular weight is 401 g/mol. The Labute approximate surface area is 160 Å². The maximum absolute atomic E-state index is 12.7. The molecule has 1 aliphatic heterocycles. The molecule has 2 aliphatic rings. The van der Waals surface area contributed by atoms with E-state index in [1.807, 2.05) is 0 Å². The van der Waals surface area contributed by atoms with Gasteiger partial charge in [0.2, 0.25) is 5.91 Å². The third kappa shape index (κ3) is 5.37. The molecule has 27 heavy (non-hydrogen) atoms. The second kappa shape index (κ2) is 8.50. The first-order chi connectivity index (χ1) is 12.8. The van der Waals surface area contributed by atoms with Gasteiger partial charge in [-0.3, -0.25) is 9.59 Å². The lowest BCUT2D eigenvalue weighted by molar-refractivity contribution is -0.133. The van der Waals surface area contributed by atoms with E-state index < -0.39 is 11.4 Å². The van der Waals surface area contributed by atoms with Crippen LogP contribution in [0.15, 0.2) is 23.4 Å². The summed E-state index contributed by atoms with van der Waals surface area (Å²) >= 11 is -0.380. The summed E-state index contributed by atoms with van der Waals surface area (Å²) in [6, 6.07) is 2.82. The van der Waals surface area contributed by atoms with E-state index in [0.717, 1.165) is 12.8 Å². The smallest absolute Gasteiger partial charge is 0.339 e. The number of thioether (sulfide) groups is 1. The fourth-order valence-corrected chi connectivity index (χ4v) is 4.26. The standard InChI is InChI=1S/C18H22F3N3O2S/c19-18(20,21)27-16-14(6-3-7-22-16)17(26)24-10-8-23(9-11-24)15(25)12-13-4-1-2-5-13/h3,6-7,13H,1-2,4-5,8-12H2. The maximum Gasteiger partial charge on any atom is 0.447 e. The second-order valence-corrected chi connectivity index (χ2v) is 7.99. The summed E-state index contributed by atoms with van der Waals surface area (Å²) < 4.78 is 38.1. The number of hydrogen-bond acceptors (Lipinski definition) is 4. The highest BCUT2D eigenvalue weighted by atomic mass is 32.2. The fourth-order valence-electron chi connectivity index (χ4n) is 3.66. The van der Waals surface area contributed by atoms with Crippen molar-refractivity contribution in [2.45, 2.75) is 42.6 Å². The minimum absolute atomic E-state index is 0.0504. The number of pyridine rings is 1. The molecule has 0 aromatic carbocycles. The van der Waals surface area contributed by atoms with Crippen LogP contribution in [0.1, 0.15) is 42.5 Å². The van der Waals surface area contributed by atoms with Crippen molar-refractivity contribution in [3.05, 3.63) is 23.9 Å². The Morgan fingerprint density at radius 3 is 2.37 bits per heavy atom. The number of halogens is 3. The molecular formula is C18H22F3N3O2S. The molecular weight excluding hydrogens is 379 g/mol. The zero-order valence-electron chi connectivity index (χ0n) is 14.9. The van der Waals surface area contributed by atoms with E-state index in [2.05, 4.69) is 4.98 Å². The van der Waals surface area contributed by atoms with Crippen molar-refractivity contribution in [3.63, 3.8) is 0 Å². The molecule has 1 aromatic rings. The summed E-state index contributed by atoms with van der Waals surface area (Å²) in [7, 11) is 0. The van der Waals surface area contributed by atoms with Crippen LogP contribution in [0.4, 0.5) is 13.2 Å². The average Bonchev–Trinajstić information content (AvgIpc) is 3.13. The van der Waals surface area contributed by atoms with Gasteiger partial charge in [0, 0.05) is 50.6 Å². The molecule has 2 fully saturated rings. The van der Waals surface area contributed by atoms with Crippen LogP contribution >= 0.6 is 11.8 Å². The monoisotopic (exact) mass is 401 g/mol. The van der Waals surface area contributed by atoms with Crippen molar-refractivity contribution in [1.82, 2.24) is 14.8 Å². The van der Waals surface area contributed by atoms with Crippen LogP contribution in [0.2, 0.25) is 0 Å². The molecule has 0 bridgehead atoms. The number of piperazine rings is 1. The Hall–Kier alpha value is -1.77. The lowest BCUT2D eigenvalue weighted by Gasteiger charge is -2.35. The van der Waals surface area contributed by atoms with Gasteiger partial charge in [0.25, 0.3) is 5.91 Å². The molecule has 0 N–H and O–H groups in total. The minimum atomic E-state index is -4.51. The molecule has 0 radical (unpaired) electrons. The van der Waals surface area contributed by atoms with Gasteiger partial charge in [-0.1, -0.05) is 12.8 Å². The highest BCUT2D eigenvalue weighted by molar-refractivity contribution is 8.00. The molecule has 2 heterocycles. The van der Waals surface area contributed by atoms with Crippen molar-refractivity contribution in [3.8, 4) is 0 Å². The topological polar surface area (TPSA) is 53.5 Å². The van der Waals surface area contributed by atoms with Gasteiger partial charge in [-0.25, -0.2) is 4.98 Å². The van der Waals surface area contributed by atoms with E-state index >= 15 is 0 Å². The van der Waals surface area contributed by atoms with E-state index in [1.54, 1.807) is 4.90 Å². The summed E-state index contributed by atoms with van der Waals surface area (Å²) in [4.78, 5) is 32.0. The molecule has 9 heteroatoms. The van der Waals surface area contributed by atoms with E-state index in [4.69, 9.17) is 0 Å². The van der Waals surface area contributed by atoms with Gasteiger partial charge < -0.3 is 9.80 Å². The molecule has 0 unspecified atom stereocenters. The number of hydrogen-bond donors (Lipinski definition) is 0. The molecule has 1 aromatic heterocycles. The summed E-state index contributed by atoms with van der Waals surface area (Å²) in [5.74, 6) is 0.107. The molecule has 3 rings (SSSR count). The first-order valence-electron chi connectivity index (χ1n) is 9.11. The van der Waals surface area contributed by atoms with Crippen molar-refractivity contribution in [1.29, 1.82) is 0 Å². The third-order valence-corrected chi connectivity index (χ3v) is 5.82. The van der Waals surface area contributed by atoms with Crippen LogP contribution in [-0.4, -0.2) is 58.3 Å². The predicted molar refractivity (Wildman–Crippen MR) is 95.2 cm³/mol. The third-order valence-electron chi connectivity index (χ3n) is 5.07. The molecule has 0 spiro atoms. The predicted octanol–water partition coefficient (Wildman–Crippen LogP) is 3.56. The van der Waals surface area contributed by atoms with E-state index in [9.17, 15) is 22.8 Å². The van der Waals surface area contributed by atoms with Crippen LogP contribution in [0, 0.1) is 5.92 Å². The van der Waals surface area contributed by atoms with E-state index in [0.29, 0.717) is 38.5 Å². The Balaban J connectivity index is 1.58. The number of rotatable bonds is 4. The zero-order valence-corrected chi connectivity index (χ0v) is 15.7. The Bertz CT molecular complexity index is 685. The summed E-state index contributed by atoms with van der Waals surface area (Å²) in [6.07, 6.45) is 6.37. The Morgan fingerprint density at radius 1 is 1.11 bits per heavy atom. The number of alkyl halides is 3. The van der Waals surface area contributed by atoms with Gasteiger partial charge in [-0.15, -0.1) is 0 Å². The van der Waals surface area contributed by atoms with Gasteiger partial charge in [-0.2, -0.15) is 13.2 Å². The summed E-state index contributed by atoms with van der Waals surface area (Å²) in [6.45, 7) is 1.47. The van der Waals surface area contributed by atoms with Gasteiger partial charge in [0.05, 0.1) is 5.56 Å². The van der Waals surface area contributed by atoms with Gasteiger partial charge >= 0.3 is 5.51 Å². The molecule has 2 amide bonds. The highest BCUT2D eigenvalue weighted by Crippen LogP contribution is 2.37. The number of aromatic nitrogens is 1. The number of nitrogens with zero attached hydrogens (tertiary/aromatic N) is 3. The number of carbonyl (C=O) groups excluding carboxylic acids is 2. The quantitative estimate of drug-likeness (QED) is 0.724. The van der Waals surface area contributed by atoms with Crippen LogP contribution in [-0.2, 0) is 4.79 Å². The van der Waals surface area contributed by atoms with E-state index in [1.165, 1.54) is 36.1 Å². The SMILES string of the molecule is O=C(CC1CCCC1)N1CCN(C(=O)c2cccnc2SC(F)(F)F)CC1. The number of carbonyl (C=O) groups is 2. The van der Waals surface area contributed by atoms with Gasteiger partial charge in [0.1, 0.15) is 5.03 Å². The number of amides is 2. The van der Waals surface area contributed by atoms with Gasteiger partial charge in [0.15, 0.2) is 0 Å². The molecule has 5 nitrogen and oxygen atoms in total. The normalized spacial score (nSPS) is 18.8. The van der Waals surface area contributed by atoms with Crippen molar-refractivity contribution < 1.29 is 22.8 Å². The van der Waals surface area contributed by atoms with Crippen molar-refractivity contribution in [2.75, 3.05) is 26.2 Å². The Kier molecular flexibility index (Phi) is 6.29. The molecule has 1 aliphatic carbocycles. The van der Waals surface area contributed by atoms with Gasteiger partial charge in [-0.05, 0) is 30.9 Å². The Morgan fingerprint density at radius 2 is 1.74 bits per heavy atom. The van der Waals surface area contributed by atoms with E-state index in [-0.39, 0.29) is 28.3 Å². The molecule has 0 atom stereocenters. The first kappa shape index (κ1) is 20.0. The fraction of sp³-hybridized carbons (Fsp3) is 0.611. The lowest BCUT2D eigenvalue weighted by atomic mass is 10.0. The summed E-state index contributed by atoms with van der Waals surface area (Å²) in [5.41, 5.74) is -4.56. The van der Waals surface area contributed by atoms with Crippen LogP contribution in [0.5, 0.6) is 0 Å². The molecule has 148 valence electrons. The molecule has 1 saturated carbocycles. The van der Waals surface area contributed by atoms with Crippen LogP contribution in [0.3, 0.4) is 0 Å².